The number of halogens is 1. The predicted molar refractivity (Wildman–Crippen MR) is 74.6 cm³/mol. The maximum Gasteiger partial charge on any atom is 0.337 e. The van der Waals surface area contributed by atoms with Gasteiger partial charge in [0.25, 0.3) is 0 Å². The van der Waals surface area contributed by atoms with Gasteiger partial charge in [-0.3, -0.25) is 4.90 Å². The molecule has 1 aliphatic heterocycles. The average molecular weight is 312 g/mol. The summed E-state index contributed by atoms with van der Waals surface area (Å²) in [5.74, 6) is -0.281. The minimum absolute atomic E-state index is 0.281. The van der Waals surface area contributed by atoms with Gasteiger partial charge in [0, 0.05) is 11.0 Å². The van der Waals surface area contributed by atoms with Crippen LogP contribution in [0.2, 0.25) is 0 Å². The highest BCUT2D eigenvalue weighted by Crippen LogP contribution is 2.19. The summed E-state index contributed by atoms with van der Waals surface area (Å²) in [5.41, 5.74) is 1.77. The Morgan fingerprint density at radius 2 is 2.00 bits per heavy atom. The number of piperidine rings is 1. The molecule has 1 saturated heterocycles. The highest BCUT2D eigenvalue weighted by atomic mass is 79.9. The zero-order valence-electron chi connectivity index (χ0n) is 10.6. The molecule has 0 spiro atoms. The van der Waals surface area contributed by atoms with Crippen molar-refractivity contribution in [2.24, 2.45) is 0 Å². The number of hydrogen-bond acceptors (Lipinski definition) is 3. The molecule has 0 aromatic heterocycles. The Kier molecular flexibility index (Phi) is 4.78. The van der Waals surface area contributed by atoms with Crippen molar-refractivity contribution in [2.75, 3.05) is 20.2 Å². The van der Waals surface area contributed by atoms with Crippen LogP contribution in [0.5, 0.6) is 0 Å². The second-order valence-corrected chi connectivity index (χ2v) is 5.59. The van der Waals surface area contributed by atoms with E-state index >= 15 is 0 Å². The lowest BCUT2D eigenvalue weighted by atomic mass is 10.1. The Morgan fingerprint density at radius 1 is 1.28 bits per heavy atom. The van der Waals surface area contributed by atoms with E-state index in [2.05, 4.69) is 26.9 Å². The molecule has 0 aliphatic carbocycles. The third-order valence-corrected chi connectivity index (χ3v) is 3.69. The Labute approximate surface area is 116 Å². The van der Waals surface area contributed by atoms with Gasteiger partial charge in [-0.2, -0.15) is 0 Å². The number of carbonyl (C=O) groups excluding carboxylic acids is 1. The van der Waals surface area contributed by atoms with Crippen LogP contribution in [0.3, 0.4) is 0 Å². The van der Waals surface area contributed by atoms with Gasteiger partial charge >= 0.3 is 5.97 Å². The molecule has 4 heteroatoms. The number of benzene rings is 1. The first-order chi connectivity index (χ1) is 8.69. The van der Waals surface area contributed by atoms with E-state index in [-0.39, 0.29) is 5.97 Å². The monoisotopic (exact) mass is 311 g/mol. The van der Waals surface area contributed by atoms with Crippen LogP contribution >= 0.6 is 15.9 Å². The fraction of sp³-hybridized carbons (Fsp3) is 0.500. The molecule has 1 heterocycles. The Hall–Kier alpha value is -0.870. The predicted octanol–water partition coefficient (Wildman–Crippen LogP) is 3.22. The van der Waals surface area contributed by atoms with Crippen molar-refractivity contribution in [1.82, 2.24) is 4.90 Å². The van der Waals surface area contributed by atoms with Crippen molar-refractivity contribution in [3.05, 3.63) is 33.8 Å². The molecule has 98 valence electrons. The number of hydrogen-bond donors (Lipinski definition) is 0. The first-order valence-electron chi connectivity index (χ1n) is 6.29. The Balaban J connectivity index is 2.11. The standard InChI is InChI=1S/C14H18BrNO2/c1-18-14(17)12-7-11(8-13(15)9-12)10-16-5-3-2-4-6-16/h7-9H,2-6,10H2,1H3. The molecule has 18 heavy (non-hydrogen) atoms. The fourth-order valence-electron chi connectivity index (χ4n) is 2.35. The summed E-state index contributed by atoms with van der Waals surface area (Å²) in [6, 6.07) is 5.79. The smallest absolute Gasteiger partial charge is 0.337 e. The molecule has 0 amide bonds. The van der Waals surface area contributed by atoms with Gasteiger partial charge in [-0.15, -0.1) is 0 Å². The fourth-order valence-corrected chi connectivity index (χ4v) is 2.89. The van der Waals surface area contributed by atoms with Crippen molar-refractivity contribution >= 4 is 21.9 Å². The molecule has 0 radical (unpaired) electrons. The minimum atomic E-state index is -0.281. The Bertz CT molecular complexity index is 428. The quantitative estimate of drug-likeness (QED) is 0.803. The molecule has 1 aromatic rings. The average Bonchev–Trinajstić information content (AvgIpc) is 2.38. The van der Waals surface area contributed by atoms with Gasteiger partial charge in [0.15, 0.2) is 0 Å². The number of carbonyl (C=O) groups is 1. The molecule has 0 atom stereocenters. The maximum absolute atomic E-state index is 11.6. The van der Waals surface area contributed by atoms with Crippen molar-refractivity contribution in [3.63, 3.8) is 0 Å². The van der Waals surface area contributed by atoms with Crippen molar-refractivity contribution in [2.45, 2.75) is 25.8 Å². The summed E-state index contributed by atoms with van der Waals surface area (Å²) in [7, 11) is 1.41. The molecular formula is C14H18BrNO2. The number of ether oxygens (including phenoxy) is 1. The van der Waals surface area contributed by atoms with Crippen LogP contribution in [-0.2, 0) is 11.3 Å². The summed E-state index contributed by atoms with van der Waals surface area (Å²) in [6.07, 6.45) is 3.89. The lowest BCUT2D eigenvalue weighted by Crippen LogP contribution is -2.29. The van der Waals surface area contributed by atoms with Crippen LogP contribution < -0.4 is 0 Å². The van der Waals surface area contributed by atoms with E-state index in [0.717, 1.165) is 29.7 Å². The van der Waals surface area contributed by atoms with Crippen LogP contribution in [0.15, 0.2) is 22.7 Å². The van der Waals surface area contributed by atoms with E-state index in [1.807, 2.05) is 6.07 Å². The number of nitrogens with zero attached hydrogens (tertiary/aromatic N) is 1. The van der Waals surface area contributed by atoms with Crippen LogP contribution in [-0.4, -0.2) is 31.1 Å². The molecule has 2 rings (SSSR count). The van der Waals surface area contributed by atoms with Gasteiger partial charge in [-0.05, 0) is 49.7 Å². The van der Waals surface area contributed by atoms with Crippen LogP contribution in [0.1, 0.15) is 35.2 Å². The van der Waals surface area contributed by atoms with E-state index in [1.54, 1.807) is 6.07 Å². The van der Waals surface area contributed by atoms with E-state index in [4.69, 9.17) is 4.74 Å². The summed E-state index contributed by atoms with van der Waals surface area (Å²) in [5, 5.41) is 0. The molecule has 0 bridgehead atoms. The number of methoxy groups -OCH3 is 1. The first-order valence-corrected chi connectivity index (χ1v) is 7.08. The summed E-state index contributed by atoms with van der Waals surface area (Å²) >= 11 is 3.45. The molecule has 3 nitrogen and oxygen atoms in total. The highest BCUT2D eigenvalue weighted by Gasteiger charge is 2.13. The molecule has 0 N–H and O–H groups in total. The lowest BCUT2D eigenvalue weighted by molar-refractivity contribution is 0.0600. The van der Waals surface area contributed by atoms with Crippen molar-refractivity contribution < 1.29 is 9.53 Å². The zero-order chi connectivity index (χ0) is 13.0. The largest absolute Gasteiger partial charge is 0.465 e. The second-order valence-electron chi connectivity index (χ2n) is 4.68. The van der Waals surface area contributed by atoms with E-state index < -0.39 is 0 Å². The van der Waals surface area contributed by atoms with Gasteiger partial charge in [-0.25, -0.2) is 4.79 Å². The van der Waals surface area contributed by atoms with E-state index in [1.165, 1.54) is 26.4 Å². The Morgan fingerprint density at radius 3 is 2.67 bits per heavy atom. The van der Waals surface area contributed by atoms with Gasteiger partial charge in [0.2, 0.25) is 0 Å². The number of esters is 1. The van der Waals surface area contributed by atoms with Gasteiger partial charge in [0.05, 0.1) is 12.7 Å². The third kappa shape index (κ3) is 3.56. The lowest BCUT2D eigenvalue weighted by Gasteiger charge is -2.26. The molecule has 1 fully saturated rings. The summed E-state index contributed by atoms with van der Waals surface area (Å²) in [6.45, 7) is 3.21. The maximum atomic E-state index is 11.6. The molecule has 1 aromatic carbocycles. The number of likely N-dealkylation sites (tertiary alicyclic amines) is 1. The van der Waals surface area contributed by atoms with E-state index in [0.29, 0.717) is 5.56 Å². The van der Waals surface area contributed by atoms with Gasteiger partial charge < -0.3 is 4.74 Å². The molecule has 1 aliphatic rings. The normalized spacial score (nSPS) is 16.6. The van der Waals surface area contributed by atoms with E-state index in [9.17, 15) is 4.79 Å². The molecule has 0 saturated carbocycles. The van der Waals surface area contributed by atoms with Crippen molar-refractivity contribution in [1.29, 1.82) is 0 Å². The zero-order valence-corrected chi connectivity index (χ0v) is 12.2. The highest BCUT2D eigenvalue weighted by molar-refractivity contribution is 9.10. The van der Waals surface area contributed by atoms with Crippen LogP contribution in [0.25, 0.3) is 0 Å². The molecular weight excluding hydrogens is 294 g/mol. The summed E-state index contributed by atoms with van der Waals surface area (Å²) in [4.78, 5) is 14.0. The van der Waals surface area contributed by atoms with Gasteiger partial charge in [0.1, 0.15) is 0 Å². The SMILES string of the molecule is COC(=O)c1cc(Br)cc(CN2CCCCC2)c1. The minimum Gasteiger partial charge on any atom is -0.465 e. The summed E-state index contributed by atoms with van der Waals surface area (Å²) < 4.78 is 5.69. The van der Waals surface area contributed by atoms with Crippen LogP contribution in [0.4, 0.5) is 0 Å². The first kappa shape index (κ1) is 13.6. The van der Waals surface area contributed by atoms with Crippen LogP contribution in [0, 0.1) is 0 Å². The second kappa shape index (κ2) is 6.34. The number of rotatable bonds is 3. The topological polar surface area (TPSA) is 29.5 Å². The van der Waals surface area contributed by atoms with Gasteiger partial charge in [-0.1, -0.05) is 22.4 Å². The molecule has 0 unspecified atom stereocenters. The van der Waals surface area contributed by atoms with Crippen molar-refractivity contribution in [3.8, 4) is 0 Å². The third-order valence-electron chi connectivity index (χ3n) is 3.23.